The fourth-order valence-electron chi connectivity index (χ4n) is 0.676. The van der Waals surface area contributed by atoms with E-state index >= 15 is 0 Å². The summed E-state index contributed by atoms with van der Waals surface area (Å²) in [4.78, 5) is 7.97. The molecule has 4 nitrogen and oxygen atoms in total. The number of rotatable bonds is 2. The molecule has 0 saturated carbocycles. The van der Waals surface area contributed by atoms with Crippen molar-refractivity contribution in [3.05, 3.63) is 23.8 Å². The Balaban J connectivity index is 2.91. The van der Waals surface area contributed by atoms with Crippen molar-refractivity contribution in [1.82, 2.24) is 9.97 Å². The monoisotopic (exact) mass is 150 g/mol. The van der Waals surface area contributed by atoms with E-state index in [0.29, 0.717) is 5.56 Å². The summed E-state index contributed by atoms with van der Waals surface area (Å²) < 4.78 is 0. The minimum Gasteiger partial charge on any atom is -0.384 e. The molecule has 3 N–H and O–H groups in total. The molecule has 4 heteroatoms. The molecular formula is C7H10N4. The van der Waals surface area contributed by atoms with E-state index in [-0.39, 0.29) is 5.84 Å². The smallest absolute Gasteiger partial charge is 0.127 e. The summed E-state index contributed by atoms with van der Waals surface area (Å²) in [5, 5.41) is 7.06. The van der Waals surface area contributed by atoms with Crippen LogP contribution >= 0.6 is 0 Å². The zero-order valence-electron chi connectivity index (χ0n) is 6.33. The Hall–Kier alpha value is -1.45. The van der Waals surface area contributed by atoms with Crippen LogP contribution in [-0.2, 0) is 6.42 Å². The van der Waals surface area contributed by atoms with Crippen LogP contribution in [0.25, 0.3) is 0 Å². The van der Waals surface area contributed by atoms with Gasteiger partial charge in [0.1, 0.15) is 11.7 Å². The van der Waals surface area contributed by atoms with Crippen LogP contribution in [0.2, 0.25) is 0 Å². The average molecular weight is 150 g/mol. The second-order valence-corrected chi connectivity index (χ2v) is 2.16. The van der Waals surface area contributed by atoms with Crippen molar-refractivity contribution in [3.8, 4) is 0 Å². The van der Waals surface area contributed by atoms with Gasteiger partial charge in [-0.05, 0) is 0 Å². The van der Waals surface area contributed by atoms with E-state index in [2.05, 4.69) is 9.97 Å². The standard InChI is InChI=1S/C7H10N4/c1-2-6-10-3-5(4-11-6)7(8)9/h3-4H,2H2,1H3,(H3,8,9). The molecule has 0 amide bonds. The highest BCUT2D eigenvalue weighted by atomic mass is 14.9. The molecule has 0 aromatic carbocycles. The van der Waals surface area contributed by atoms with Crippen molar-refractivity contribution >= 4 is 5.84 Å². The fourth-order valence-corrected chi connectivity index (χ4v) is 0.676. The molecule has 0 aliphatic rings. The van der Waals surface area contributed by atoms with Gasteiger partial charge in [-0.2, -0.15) is 0 Å². The number of aromatic nitrogens is 2. The Morgan fingerprint density at radius 1 is 1.55 bits per heavy atom. The second-order valence-electron chi connectivity index (χ2n) is 2.16. The molecule has 1 rings (SSSR count). The van der Waals surface area contributed by atoms with E-state index in [0.717, 1.165) is 12.2 Å². The molecule has 0 fully saturated rings. The molecule has 58 valence electrons. The molecule has 0 unspecified atom stereocenters. The topological polar surface area (TPSA) is 75.7 Å². The maximum Gasteiger partial charge on any atom is 0.127 e. The maximum absolute atomic E-state index is 7.06. The van der Waals surface area contributed by atoms with Crippen LogP contribution in [-0.4, -0.2) is 15.8 Å². The molecule has 1 heterocycles. The summed E-state index contributed by atoms with van der Waals surface area (Å²) >= 11 is 0. The maximum atomic E-state index is 7.06. The largest absolute Gasteiger partial charge is 0.384 e. The van der Waals surface area contributed by atoms with Gasteiger partial charge in [0.15, 0.2) is 0 Å². The van der Waals surface area contributed by atoms with Crippen molar-refractivity contribution in [2.24, 2.45) is 5.73 Å². The second kappa shape index (κ2) is 3.09. The molecule has 1 aromatic heterocycles. The van der Waals surface area contributed by atoms with Gasteiger partial charge in [-0.1, -0.05) is 6.92 Å². The Kier molecular flexibility index (Phi) is 2.15. The van der Waals surface area contributed by atoms with Crippen molar-refractivity contribution in [3.63, 3.8) is 0 Å². The number of nitrogens with zero attached hydrogens (tertiary/aromatic N) is 2. The van der Waals surface area contributed by atoms with Gasteiger partial charge in [-0.15, -0.1) is 0 Å². The van der Waals surface area contributed by atoms with Crippen LogP contribution in [0, 0.1) is 5.41 Å². The molecule has 0 saturated heterocycles. The highest BCUT2D eigenvalue weighted by Gasteiger charge is 1.96. The molecule has 0 atom stereocenters. The van der Waals surface area contributed by atoms with Gasteiger partial charge in [0.05, 0.1) is 5.56 Å². The third-order valence-corrected chi connectivity index (χ3v) is 1.33. The van der Waals surface area contributed by atoms with Crippen molar-refractivity contribution in [2.75, 3.05) is 0 Å². The number of hydrogen-bond acceptors (Lipinski definition) is 3. The molecule has 11 heavy (non-hydrogen) atoms. The van der Waals surface area contributed by atoms with Gasteiger partial charge in [-0.25, -0.2) is 9.97 Å². The summed E-state index contributed by atoms with van der Waals surface area (Å²) in [5.74, 6) is 0.780. The van der Waals surface area contributed by atoms with Crippen molar-refractivity contribution in [1.29, 1.82) is 5.41 Å². The van der Waals surface area contributed by atoms with E-state index in [9.17, 15) is 0 Å². The Labute approximate surface area is 65.0 Å². The molecule has 0 bridgehead atoms. The fraction of sp³-hybridized carbons (Fsp3) is 0.286. The molecule has 0 aliphatic heterocycles. The van der Waals surface area contributed by atoms with Gasteiger partial charge in [-0.3, -0.25) is 5.41 Å². The van der Waals surface area contributed by atoms with E-state index in [1.165, 1.54) is 0 Å². The first-order valence-electron chi connectivity index (χ1n) is 3.39. The Morgan fingerprint density at radius 3 is 2.45 bits per heavy atom. The van der Waals surface area contributed by atoms with Crippen LogP contribution in [0.3, 0.4) is 0 Å². The van der Waals surface area contributed by atoms with E-state index in [1.54, 1.807) is 12.4 Å². The van der Waals surface area contributed by atoms with Gasteiger partial charge in [0.2, 0.25) is 0 Å². The molecular weight excluding hydrogens is 140 g/mol. The summed E-state index contributed by atoms with van der Waals surface area (Å²) in [6, 6.07) is 0. The molecule has 0 spiro atoms. The van der Waals surface area contributed by atoms with Crippen molar-refractivity contribution < 1.29 is 0 Å². The highest BCUT2D eigenvalue weighted by molar-refractivity contribution is 5.94. The molecule has 0 radical (unpaired) electrons. The first-order valence-corrected chi connectivity index (χ1v) is 3.39. The average Bonchev–Trinajstić information content (AvgIpc) is 2.05. The zero-order valence-corrected chi connectivity index (χ0v) is 6.33. The molecule has 1 aromatic rings. The minimum absolute atomic E-state index is 0.00709. The van der Waals surface area contributed by atoms with Crippen LogP contribution < -0.4 is 5.73 Å². The summed E-state index contributed by atoms with van der Waals surface area (Å²) in [7, 11) is 0. The van der Waals surface area contributed by atoms with Crippen molar-refractivity contribution in [2.45, 2.75) is 13.3 Å². The van der Waals surface area contributed by atoms with Gasteiger partial charge in [0.25, 0.3) is 0 Å². The predicted octanol–water partition coefficient (Wildman–Crippen LogP) is 0.323. The van der Waals surface area contributed by atoms with E-state index < -0.39 is 0 Å². The lowest BCUT2D eigenvalue weighted by Crippen LogP contribution is -2.12. The minimum atomic E-state index is 0.00709. The lowest BCUT2D eigenvalue weighted by molar-refractivity contribution is 0.936. The lowest BCUT2D eigenvalue weighted by Gasteiger charge is -1.97. The van der Waals surface area contributed by atoms with Crippen LogP contribution in [0.15, 0.2) is 12.4 Å². The number of aryl methyl sites for hydroxylation is 1. The third kappa shape index (κ3) is 1.73. The zero-order chi connectivity index (χ0) is 8.27. The van der Waals surface area contributed by atoms with Crippen LogP contribution in [0.5, 0.6) is 0 Å². The lowest BCUT2D eigenvalue weighted by atomic mass is 10.3. The Bertz CT molecular complexity index is 252. The summed E-state index contributed by atoms with van der Waals surface area (Å²) in [5.41, 5.74) is 5.78. The van der Waals surface area contributed by atoms with E-state index in [4.69, 9.17) is 11.1 Å². The number of nitrogen functional groups attached to an aromatic ring is 1. The van der Waals surface area contributed by atoms with Gasteiger partial charge >= 0.3 is 0 Å². The van der Waals surface area contributed by atoms with Crippen LogP contribution in [0.1, 0.15) is 18.3 Å². The van der Waals surface area contributed by atoms with E-state index in [1.807, 2.05) is 6.92 Å². The van der Waals surface area contributed by atoms with Gasteiger partial charge < -0.3 is 5.73 Å². The molecule has 0 aliphatic carbocycles. The number of nitrogens with two attached hydrogens (primary N) is 1. The normalized spacial score (nSPS) is 9.55. The SMILES string of the molecule is CCc1ncc(C(=N)N)cn1. The summed E-state index contributed by atoms with van der Waals surface area (Å²) in [6.07, 6.45) is 3.93. The van der Waals surface area contributed by atoms with Crippen LogP contribution in [0.4, 0.5) is 0 Å². The predicted molar refractivity (Wildman–Crippen MR) is 42.4 cm³/mol. The summed E-state index contributed by atoms with van der Waals surface area (Å²) in [6.45, 7) is 1.97. The first kappa shape index (κ1) is 7.65. The highest BCUT2D eigenvalue weighted by Crippen LogP contribution is 1.94. The number of amidine groups is 1. The first-order chi connectivity index (χ1) is 5.24. The van der Waals surface area contributed by atoms with Gasteiger partial charge in [0, 0.05) is 18.8 Å². The number of nitrogens with one attached hydrogen (secondary N) is 1. The Morgan fingerprint density at radius 2 is 2.09 bits per heavy atom. The quantitative estimate of drug-likeness (QED) is 0.471. The number of hydrogen-bond donors (Lipinski definition) is 2. The third-order valence-electron chi connectivity index (χ3n) is 1.33.